The van der Waals surface area contributed by atoms with Crippen molar-refractivity contribution >= 4 is 5.91 Å². The molecule has 13 heavy (non-hydrogen) atoms. The highest BCUT2D eigenvalue weighted by molar-refractivity contribution is 5.78. The van der Waals surface area contributed by atoms with Crippen molar-refractivity contribution in [1.82, 2.24) is 14.8 Å². The summed E-state index contributed by atoms with van der Waals surface area (Å²) in [6.07, 6.45) is 3.38. The fraction of sp³-hybridized carbons (Fsp3) is 0.500. The van der Waals surface area contributed by atoms with Gasteiger partial charge in [0.1, 0.15) is 6.04 Å². The maximum atomic E-state index is 11.5. The molecule has 5 nitrogen and oxygen atoms in total. The monoisotopic (exact) mass is 183 g/mol. The van der Waals surface area contributed by atoms with Gasteiger partial charge in [0.2, 0.25) is 0 Å². The molecule has 1 unspecified atom stereocenters. The molecule has 1 rings (SSSR count). The van der Waals surface area contributed by atoms with Crippen LogP contribution >= 0.6 is 0 Å². The largest absolute Gasteiger partial charge is 0.274 e. The van der Waals surface area contributed by atoms with Crippen LogP contribution in [0.15, 0.2) is 18.5 Å². The quantitative estimate of drug-likeness (QED) is 0.640. The van der Waals surface area contributed by atoms with Crippen molar-refractivity contribution in [2.75, 3.05) is 14.2 Å². The van der Waals surface area contributed by atoms with E-state index in [-0.39, 0.29) is 11.9 Å². The summed E-state index contributed by atoms with van der Waals surface area (Å²) in [5, 5.41) is 5.15. The topological polar surface area (TPSA) is 47.4 Å². The van der Waals surface area contributed by atoms with Crippen molar-refractivity contribution in [2.24, 2.45) is 0 Å². The summed E-state index contributed by atoms with van der Waals surface area (Å²) in [5.41, 5.74) is 0. The predicted molar refractivity (Wildman–Crippen MR) is 46.7 cm³/mol. The summed E-state index contributed by atoms with van der Waals surface area (Å²) in [6.45, 7) is 1.77. The van der Waals surface area contributed by atoms with Crippen LogP contribution in [-0.2, 0) is 9.63 Å². The number of hydrogen-bond acceptors (Lipinski definition) is 3. The molecule has 0 aliphatic rings. The lowest BCUT2D eigenvalue weighted by molar-refractivity contribution is -0.172. The smallest absolute Gasteiger partial charge is 0.270 e. The molecule has 72 valence electrons. The van der Waals surface area contributed by atoms with Crippen LogP contribution in [0.2, 0.25) is 0 Å². The third kappa shape index (κ3) is 2.06. The molecular weight excluding hydrogens is 170 g/mol. The van der Waals surface area contributed by atoms with Crippen LogP contribution in [0.3, 0.4) is 0 Å². The van der Waals surface area contributed by atoms with Crippen molar-refractivity contribution in [2.45, 2.75) is 13.0 Å². The average Bonchev–Trinajstić information content (AvgIpc) is 2.67. The molecule has 0 saturated heterocycles. The van der Waals surface area contributed by atoms with E-state index in [1.807, 2.05) is 0 Å². The minimum Gasteiger partial charge on any atom is -0.274 e. The first kappa shape index (κ1) is 9.73. The molecule has 0 aliphatic carbocycles. The summed E-state index contributed by atoms with van der Waals surface area (Å²) in [4.78, 5) is 16.3. The highest BCUT2D eigenvalue weighted by Crippen LogP contribution is 2.06. The van der Waals surface area contributed by atoms with Gasteiger partial charge in [-0.2, -0.15) is 5.10 Å². The van der Waals surface area contributed by atoms with Gasteiger partial charge in [0, 0.05) is 19.4 Å². The molecule has 0 aliphatic heterocycles. The zero-order valence-electron chi connectivity index (χ0n) is 7.97. The molecule has 0 aromatic carbocycles. The highest BCUT2D eigenvalue weighted by Gasteiger charge is 2.18. The summed E-state index contributed by atoms with van der Waals surface area (Å²) < 4.78 is 1.58. The number of amides is 1. The second-order valence-corrected chi connectivity index (χ2v) is 2.68. The van der Waals surface area contributed by atoms with Gasteiger partial charge >= 0.3 is 0 Å². The van der Waals surface area contributed by atoms with Crippen LogP contribution in [-0.4, -0.2) is 34.9 Å². The molecule has 1 amide bonds. The molecule has 0 bridgehead atoms. The lowest BCUT2D eigenvalue weighted by Gasteiger charge is -2.18. The number of aromatic nitrogens is 2. The van der Waals surface area contributed by atoms with Gasteiger partial charge < -0.3 is 0 Å². The van der Waals surface area contributed by atoms with Crippen LogP contribution in [0.1, 0.15) is 13.0 Å². The molecule has 1 aromatic rings. The lowest BCUT2D eigenvalue weighted by atomic mass is 10.3. The number of rotatable bonds is 3. The molecule has 0 saturated carbocycles. The summed E-state index contributed by atoms with van der Waals surface area (Å²) >= 11 is 0. The lowest BCUT2D eigenvalue weighted by Crippen LogP contribution is -2.32. The number of nitrogens with zero attached hydrogens (tertiary/aromatic N) is 3. The first-order valence-electron chi connectivity index (χ1n) is 3.97. The maximum absolute atomic E-state index is 11.5. The predicted octanol–water partition coefficient (Wildman–Crippen LogP) is 0.464. The third-order valence-corrected chi connectivity index (χ3v) is 1.86. The molecule has 1 aromatic heterocycles. The minimum absolute atomic E-state index is 0.133. The van der Waals surface area contributed by atoms with Crippen LogP contribution in [0, 0.1) is 0 Å². The zero-order chi connectivity index (χ0) is 9.84. The Kier molecular flexibility index (Phi) is 3.02. The minimum atomic E-state index is -0.333. The highest BCUT2D eigenvalue weighted by atomic mass is 16.7. The SMILES string of the molecule is CON(C)C(=O)C(C)n1cccn1. The average molecular weight is 183 g/mol. The Morgan fingerprint density at radius 1 is 1.69 bits per heavy atom. The second kappa shape index (κ2) is 4.04. The number of likely N-dealkylation sites (N-methyl/N-ethyl adjacent to an activating group) is 1. The Hall–Kier alpha value is -1.36. The molecular formula is C8H13N3O2. The van der Waals surface area contributed by atoms with E-state index in [2.05, 4.69) is 5.10 Å². The number of hydrogen-bond donors (Lipinski definition) is 0. The van der Waals surface area contributed by atoms with Crippen LogP contribution < -0.4 is 0 Å². The number of carbonyl (C=O) groups excluding carboxylic acids is 1. The Balaban J connectivity index is 2.68. The van der Waals surface area contributed by atoms with Crippen LogP contribution in [0.4, 0.5) is 0 Å². The molecule has 0 N–H and O–H groups in total. The summed E-state index contributed by atoms with van der Waals surface area (Å²) in [5.74, 6) is -0.133. The van der Waals surface area contributed by atoms with Crippen molar-refractivity contribution in [3.05, 3.63) is 18.5 Å². The van der Waals surface area contributed by atoms with E-state index in [9.17, 15) is 4.79 Å². The van der Waals surface area contributed by atoms with Gasteiger partial charge in [-0.3, -0.25) is 14.3 Å². The molecule has 0 fully saturated rings. The first-order valence-corrected chi connectivity index (χ1v) is 3.97. The van der Waals surface area contributed by atoms with E-state index in [4.69, 9.17) is 4.84 Å². The van der Waals surface area contributed by atoms with E-state index >= 15 is 0 Å². The normalized spacial score (nSPS) is 12.5. The van der Waals surface area contributed by atoms with Crippen LogP contribution in [0.25, 0.3) is 0 Å². The molecule has 0 spiro atoms. The fourth-order valence-electron chi connectivity index (χ4n) is 0.976. The Morgan fingerprint density at radius 3 is 2.85 bits per heavy atom. The standard InChI is InChI=1S/C8H13N3O2/c1-7(8(12)10(2)13-3)11-6-4-5-9-11/h4-7H,1-3H3. The maximum Gasteiger partial charge on any atom is 0.270 e. The molecule has 1 atom stereocenters. The van der Waals surface area contributed by atoms with Gasteiger partial charge in [0.25, 0.3) is 5.91 Å². The van der Waals surface area contributed by atoms with Gasteiger partial charge in [-0.1, -0.05) is 0 Å². The van der Waals surface area contributed by atoms with Gasteiger partial charge in [0.15, 0.2) is 0 Å². The van der Waals surface area contributed by atoms with Crippen molar-refractivity contribution < 1.29 is 9.63 Å². The second-order valence-electron chi connectivity index (χ2n) is 2.68. The van der Waals surface area contributed by atoms with Crippen molar-refractivity contribution in [3.63, 3.8) is 0 Å². The first-order chi connectivity index (χ1) is 6.16. The molecule has 0 radical (unpaired) electrons. The van der Waals surface area contributed by atoms with Crippen LogP contribution in [0.5, 0.6) is 0 Å². The van der Waals surface area contributed by atoms with Gasteiger partial charge in [0.05, 0.1) is 7.11 Å². The van der Waals surface area contributed by atoms with Gasteiger partial charge in [-0.15, -0.1) is 0 Å². The van der Waals surface area contributed by atoms with Gasteiger partial charge in [-0.05, 0) is 13.0 Å². The Morgan fingerprint density at radius 2 is 2.38 bits per heavy atom. The van der Waals surface area contributed by atoms with E-state index in [0.717, 1.165) is 0 Å². The Bertz CT molecular complexity index is 271. The van der Waals surface area contributed by atoms with Crippen molar-refractivity contribution in [1.29, 1.82) is 0 Å². The summed E-state index contributed by atoms with van der Waals surface area (Å²) in [7, 11) is 3.02. The molecule has 5 heteroatoms. The van der Waals surface area contributed by atoms with E-state index in [0.29, 0.717) is 0 Å². The molecule has 1 heterocycles. The number of hydroxylamine groups is 2. The van der Waals surface area contributed by atoms with E-state index in [1.165, 1.54) is 12.2 Å². The van der Waals surface area contributed by atoms with E-state index in [1.54, 1.807) is 37.1 Å². The Labute approximate surface area is 76.9 Å². The van der Waals surface area contributed by atoms with Gasteiger partial charge in [-0.25, -0.2) is 5.06 Å². The van der Waals surface area contributed by atoms with Crippen molar-refractivity contribution in [3.8, 4) is 0 Å². The summed E-state index contributed by atoms with van der Waals surface area (Å²) in [6, 6.07) is 1.44. The third-order valence-electron chi connectivity index (χ3n) is 1.86. The van der Waals surface area contributed by atoms with E-state index < -0.39 is 0 Å². The zero-order valence-corrected chi connectivity index (χ0v) is 7.97. The number of carbonyl (C=O) groups is 1. The fourth-order valence-corrected chi connectivity index (χ4v) is 0.976.